The minimum Gasteiger partial charge on any atom is -0.436 e. The minimum atomic E-state index is -0.279. The number of aromatic nitrogens is 1. The van der Waals surface area contributed by atoms with Gasteiger partial charge in [0.15, 0.2) is 5.58 Å². The van der Waals surface area contributed by atoms with Crippen LogP contribution in [0.3, 0.4) is 0 Å². The molecule has 1 fully saturated rings. The predicted octanol–water partition coefficient (Wildman–Crippen LogP) is 4.81. The number of piperazine rings is 1. The number of amides is 1. The molecular formula is C25H23ClN4O2. The van der Waals surface area contributed by atoms with Crippen molar-refractivity contribution in [2.45, 2.75) is 6.54 Å². The zero-order valence-electron chi connectivity index (χ0n) is 17.5. The fourth-order valence-electron chi connectivity index (χ4n) is 3.97. The number of benzene rings is 3. The normalized spacial score (nSPS) is 14.5. The Hall–Kier alpha value is -3.19. The van der Waals surface area contributed by atoms with Crippen molar-refractivity contribution in [1.82, 2.24) is 15.2 Å². The number of anilines is 1. The van der Waals surface area contributed by atoms with E-state index in [0.29, 0.717) is 22.2 Å². The number of para-hydroxylation sites is 2. The third-order valence-electron chi connectivity index (χ3n) is 5.62. The molecule has 3 aromatic carbocycles. The largest absolute Gasteiger partial charge is 0.436 e. The summed E-state index contributed by atoms with van der Waals surface area (Å²) in [7, 11) is 0. The molecule has 0 radical (unpaired) electrons. The quantitative estimate of drug-likeness (QED) is 0.460. The van der Waals surface area contributed by atoms with Gasteiger partial charge in [-0.3, -0.25) is 9.69 Å². The van der Waals surface area contributed by atoms with Gasteiger partial charge in [-0.2, -0.15) is 0 Å². The molecule has 0 saturated carbocycles. The van der Waals surface area contributed by atoms with Crippen molar-refractivity contribution in [3.63, 3.8) is 0 Å². The van der Waals surface area contributed by atoms with E-state index >= 15 is 0 Å². The number of hydrogen-bond donors (Lipinski definition) is 2. The summed E-state index contributed by atoms with van der Waals surface area (Å²) in [6, 6.07) is 20.5. The van der Waals surface area contributed by atoms with E-state index in [1.165, 1.54) is 0 Å². The maximum absolute atomic E-state index is 12.8. The van der Waals surface area contributed by atoms with Gasteiger partial charge in [-0.1, -0.05) is 48.0 Å². The molecule has 6 nitrogen and oxygen atoms in total. The number of halogens is 1. The highest BCUT2D eigenvalue weighted by Gasteiger charge is 2.18. The molecule has 1 aliphatic heterocycles. The first-order valence-electron chi connectivity index (χ1n) is 10.7. The van der Waals surface area contributed by atoms with Crippen LogP contribution in [-0.2, 0) is 6.54 Å². The summed E-state index contributed by atoms with van der Waals surface area (Å²) in [6.07, 6.45) is 0. The third-order valence-corrected chi connectivity index (χ3v) is 5.95. The van der Waals surface area contributed by atoms with Crippen LogP contribution in [-0.4, -0.2) is 42.0 Å². The Morgan fingerprint density at radius 3 is 2.66 bits per heavy atom. The molecule has 1 aromatic heterocycles. The Kier molecular flexibility index (Phi) is 5.90. The summed E-state index contributed by atoms with van der Waals surface area (Å²) >= 11 is 6.19. The molecule has 5 rings (SSSR count). The molecule has 0 aliphatic carbocycles. The van der Waals surface area contributed by atoms with Gasteiger partial charge in [-0.05, 0) is 30.3 Å². The first-order valence-corrected chi connectivity index (χ1v) is 11.0. The van der Waals surface area contributed by atoms with Gasteiger partial charge in [-0.15, -0.1) is 0 Å². The molecule has 32 heavy (non-hydrogen) atoms. The van der Waals surface area contributed by atoms with Crippen LogP contribution >= 0.6 is 11.6 Å². The van der Waals surface area contributed by atoms with Crippen LogP contribution < -0.4 is 10.6 Å². The molecule has 0 bridgehead atoms. The van der Waals surface area contributed by atoms with Gasteiger partial charge in [-0.25, -0.2) is 4.98 Å². The van der Waals surface area contributed by atoms with E-state index in [4.69, 9.17) is 21.0 Å². The minimum absolute atomic E-state index is 0.279. The lowest BCUT2D eigenvalue weighted by Crippen LogP contribution is -2.42. The summed E-state index contributed by atoms with van der Waals surface area (Å²) in [5, 5.41) is 6.74. The fraction of sp³-hybridized carbons (Fsp3) is 0.200. The lowest BCUT2D eigenvalue weighted by molar-refractivity contribution is 0.102. The first kappa shape index (κ1) is 20.7. The molecule has 2 N–H and O–H groups in total. The van der Waals surface area contributed by atoms with Crippen molar-refractivity contribution in [1.29, 1.82) is 0 Å². The lowest BCUT2D eigenvalue weighted by atomic mass is 10.1. The molecule has 2 heterocycles. The number of oxazole rings is 1. The van der Waals surface area contributed by atoms with Gasteiger partial charge in [0.2, 0.25) is 5.89 Å². The maximum Gasteiger partial charge on any atom is 0.257 e. The average Bonchev–Trinajstić information content (AvgIpc) is 3.26. The number of carbonyl (C=O) groups is 1. The molecule has 162 valence electrons. The average molecular weight is 447 g/mol. The number of carbonyl (C=O) groups excluding carboxylic acids is 1. The van der Waals surface area contributed by atoms with Crippen LogP contribution in [0, 0.1) is 0 Å². The van der Waals surface area contributed by atoms with Crippen molar-refractivity contribution in [2.75, 3.05) is 31.5 Å². The maximum atomic E-state index is 12.8. The zero-order valence-corrected chi connectivity index (χ0v) is 18.2. The smallest absolute Gasteiger partial charge is 0.257 e. The Balaban J connectivity index is 1.46. The summed E-state index contributed by atoms with van der Waals surface area (Å²) < 4.78 is 6.25. The van der Waals surface area contributed by atoms with Crippen molar-refractivity contribution >= 4 is 34.3 Å². The van der Waals surface area contributed by atoms with Crippen LogP contribution in [0.25, 0.3) is 22.6 Å². The van der Waals surface area contributed by atoms with Gasteiger partial charge in [0.25, 0.3) is 5.91 Å². The van der Waals surface area contributed by atoms with E-state index in [2.05, 4.69) is 21.6 Å². The Bertz CT molecular complexity index is 1260. The Morgan fingerprint density at radius 1 is 1.03 bits per heavy atom. The summed E-state index contributed by atoms with van der Waals surface area (Å²) in [5.74, 6) is 0.196. The number of rotatable bonds is 5. The molecule has 0 atom stereocenters. The van der Waals surface area contributed by atoms with E-state index in [1.54, 1.807) is 24.3 Å². The molecule has 1 aliphatic rings. The van der Waals surface area contributed by atoms with Gasteiger partial charge in [0, 0.05) is 38.3 Å². The molecule has 0 unspecified atom stereocenters. The zero-order chi connectivity index (χ0) is 21.9. The van der Waals surface area contributed by atoms with Crippen LogP contribution in [0.1, 0.15) is 15.9 Å². The van der Waals surface area contributed by atoms with Crippen LogP contribution in [0.4, 0.5) is 5.69 Å². The second kappa shape index (κ2) is 9.12. The van der Waals surface area contributed by atoms with Gasteiger partial charge >= 0.3 is 0 Å². The Morgan fingerprint density at radius 2 is 1.81 bits per heavy atom. The van der Waals surface area contributed by atoms with Gasteiger partial charge in [0.05, 0.1) is 21.8 Å². The van der Waals surface area contributed by atoms with Crippen molar-refractivity contribution in [2.24, 2.45) is 0 Å². The van der Waals surface area contributed by atoms with E-state index in [9.17, 15) is 4.79 Å². The van der Waals surface area contributed by atoms with E-state index in [1.807, 2.05) is 36.4 Å². The summed E-state index contributed by atoms with van der Waals surface area (Å²) in [4.78, 5) is 19.9. The Labute approximate surface area is 191 Å². The molecule has 0 spiro atoms. The standard InChI is InChI=1S/C25H23ClN4O2/c26-20-9-3-1-7-18(20)24(31)28-21-10-4-2-8-19(21)25-29-22-11-5-6-17(23(22)32-25)16-30-14-12-27-13-15-30/h1-11,27H,12-16H2,(H,28,31). The molecular weight excluding hydrogens is 424 g/mol. The van der Waals surface area contributed by atoms with E-state index < -0.39 is 0 Å². The summed E-state index contributed by atoms with van der Waals surface area (Å²) in [6.45, 7) is 4.83. The second-order valence-corrected chi connectivity index (χ2v) is 8.20. The van der Waals surface area contributed by atoms with Crippen LogP contribution in [0.5, 0.6) is 0 Å². The summed E-state index contributed by atoms with van der Waals surface area (Å²) in [5.41, 5.74) is 4.46. The number of nitrogens with one attached hydrogen (secondary N) is 2. The predicted molar refractivity (Wildman–Crippen MR) is 127 cm³/mol. The fourth-order valence-corrected chi connectivity index (χ4v) is 4.19. The highest BCUT2D eigenvalue weighted by Crippen LogP contribution is 2.32. The number of fused-ring (bicyclic) bond motifs is 1. The van der Waals surface area contributed by atoms with Crippen LogP contribution in [0.2, 0.25) is 5.02 Å². The van der Waals surface area contributed by atoms with Crippen molar-refractivity contribution in [3.8, 4) is 11.5 Å². The lowest BCUT2D eigenvalue weighted by Gasteiger charge is -2.27. The van der Waals surface area contributed by atoms with Gasteiger partial charge in [0.1, 0.15) is 5.52 Å². The van der Waals surface area contributed by atoms with E-state index in [0.717, 1.165) is 55.0 Å². The number of nitrogens with zero attached hydrogens (tertiary/aromatic N) is 2. The van der Waals surface area contributed by atoms with Crippen LogP contribution in [0.15, 0.2) is 71.1 Å². The van der Waals surface area contributed by atoms with Crippen molar-refractivity contribution < 1.29 is 9.21 Å². The second-order valence-electron chi connectivity index (χ2n) is 7.79. The SMILES string of the molecule is O=C(Nc1ccccc1-c1nc2cccc(CN3CCNCC3)c2o1)c1ccccc1Cl. The molecule has 7 heteroatoms. The monoisotopic (exact) mass is 446 g/mol. The topological polar surface area (TPSA) is 70.4 Å². The highest BCUT2D eigenvalue weighted by atomic mass is 35.5. The molecule has 1 saturated heterocycles. The highest BCUT2D eigenvalue weighted by molar-refractivity contribution is 6.34. The number of hydrogen-bond acceptors (Lipinski definition) is 5. The van der Waals surface area contributed by atoms with Gasteiger partial charge < -0.3 is 15.1 Å². The van der Waals surface area contributed by atoms with Crippen molar-refractivity contribution in [3.05, 3.63) is 82.9 Å². The molecule has 1 amide bonds. The third kappa shape index (κ3) is 4.25. The first-order chi connectivity index (χ1) is 15.7. The van der Waals surface area contributed by atoms with E-state index in [-0.39, 0.29) is 5.91 Å². The molecule has 4 aromatic rings.